The summed E-state index contributed by atoms with van der Waals surface area (Å²) < 4.78 is 0. The van der Waals surface area contributed by atoms with Gasteiger partial charge < -0.3 is 26.2 Å². The Labute approximate surface area is 84.2 Å². The van der Waals surface area contributed by atoms with Crippen molar-refractivity contribution < 1.29 is 34.8 Å². The van der Waals surface area contributed by atoms with Crippen LogP contribution in [0, 0.1) is 0 Å². The van der Waals surface area contributed by atoms with Crippen LogP contribution in [0.5, 0.6) is 0 Å². The molecule has 8 nitrogen and oxygen atoms in total. The zero-order chi connectivity index (χ0) is 12.6. The minimum absolute atomic E-state index is 0.481. The number of aliphatic hydroxyl groups excluding tert-OH is 2. The Morgan fingerprint density at radius 1 is 1.07 bits per heavy atom. The van der Waals surface area contributed by atoms with Crippen LogP contribution in [0.25, 0.3) is 0 Å². The standard InChI is InChI=1S/C4H6O6.C3H5NO/c5-1(3(7)8)2(6)4(9)10;1-2-3(4)5/h1-2,5-6H,(H,7,8)(H,9,10);2H,1H2,(H2,4,5). The molecule has 0 radical (unpaired) electrons. The van der Waals surface area contributed by atoms with Crippen molar-refractivity contribution in [3.8, 4) is 0 Å². The number of nitrogens with two attached hydrogens (primary N) is 1. The van der Waals surface area contributed by atoms with Gasteiger partial charge in [0.15, 0.2) is 12.2 Å². The molecule has 0 rings (SSSR count). The van der Waals surface area contributed by atoms with Crippen LogP contribution in [-0.4, -0.2) is 50.5 Å². The molecule has 0 heterocycles. The van der Waals surface area contributed by atoms with E-state index in [9.17, 15) is 14.4 Å². The van der Waals surface area contributed by atoms with Gasteiger partial charge in [0.2, 0.25) is 5.91 Å². The molecule has 1 amide bonds. The molecule has 2 unspecified atom stereocenters. The zero-order valence-corrected chi connectivity index (χ0v) is 7.53. The Bertz CT molecular complexity index is 244. The van der Waals surface area contributed by atoms with E-state index in [0.717, 1.165) is 6.08 Å². The van der Waals surface area contributed by atoms with Gasteiger partial charge >= 0.3 is 11.9 Å². The molecule has 0 fully saturated rings. The Balaban J connectivity index is 0. The molecule has 15 heavy (non-hydrogen) atoms. The van der Waals surface area contributed by atoms with Gasteiger partial charge in [-0.25, -0.2) is 9.59 Å². The van der Waals surface area contributed by atoms with E-state index in [0.29, 0.717) is 0 Å². The molecule has 6 N–H and O–H groups in total. The lowest BCUT2D eigenvalue weighted by Gasteiger charge is -2.07. The first-order valence-corrected chi connectivity index (χ1v) is 3.47. The molecule has 0 aliphatic rings. The largest absolute Gasteiger partial charge is 0.479 e. The van der Waals surface area contributed by atoms with Crippen LogP contribution in [0.2, 0.25) is 0 Å². The van der Waals surface area contributed by atoms with Crippen LogP contribution in [0.4, 0.5) is 0 Å². The Hall–Kier alpha value is -1.93. The fourth-order valence-corrected chi connectivity index (χ4v) is 0.270. The lowest BCUT2D eigenvalue weighted by Crippen LogP contribution is -2.39. The van der Waals surface area contributed by atoms with Crippen LogP contribution in [0.1, 0.15) is 0 Å². The fraction of sp³-hybridized carbons (Fsp3) is 0.286. The third kappa shape index (κ3) is 8.40. The maximum Gasteiger partial charge on any atom is 0.335 e. The molecule has 86 valence electrons. The van der Waals surface area contributed by atoms with Crippen molar-refractivity contribution in [3.63, 3.8) is 0 Å². The molecule has 0 spiro atoms. The van der Waals surface area contributed by atoms with Crippen molar-refractivity contribution in [2.24, 2.45) is 5.73 Å². The Morgan fingerprint density at radius 3 is 1.33 bits per heavy atom. The molecule has 0 aromatic carbocycles. The summed E-state index contributed by atoms with van der Waals surface area (Å²) in [6.07, 6.45) is -3.48. The first-order valence-electron chi connectivity index (χ1n) is 3.47. The lowest BCUT2D eigenvalue weighted by molar-refractivity contribution is -0.165. The highest BCUT2D eigenvalue weighted by atomic mass is 16.4. The van der Waals surface area contributed by atoms with Gasteiger partial charge in [-0.1, -0.05) is 6.58 Å². The summed E-state index contributed by atoms with van der Waals surface area (Å²) in [7, 11) is 0. The average molecular weight is 221 g/mol. The highest BCUT2D eigenvalue weighted by Gasteiger charge is 2.29. The van der Waals surface area contributed by atoms with Crippen LogP contribution >= 0.6 is 0 Å². The SMILES string of the molecule is C=CC(N)=O.O=C(O)C(O)C(O)C(=O)O. The van der Waals surface area contributed by atoms with Gasteiger partial charge in [-0.2, -0.15) is 0 Å². The third-order valence-electron chi connectivity index (χ3n) is 1.01. The van der Waals surface area contributed by atoms with Crippen molar-refractivity contribution in [3.05, 3.63) is 12.7 Å². The second-order valence-corrected chi connectivity index (χ2v) is 2.17. The predicted molar refractivity (Wildman–Crippen MR) is 46.7 cm³/mol. The van der Waals surface area contributed by atoms with Gasteiger partial charge in [-0.3, -0.25) is 4.79 Å². The summed E-state index contributed by atoms with van der Waals surface area (Å²) in [5, 5.41) is 32.5. The second-order valence-electron chi connectivity index (χ2n) is 2.17. The van der Waals surface area contributed by atoms with E-state index < -0.39 is 30.1 Å². The number of primary amides is 1. The van der Waals surface area contributed by atoms with Crippen LogP contribution in [0.15, 0.2) is 12.7 Å². The molecule has 0 aliphatic carbocycles. The van der Waals surface area contributed by atoms with E-state index in [1.807, 2.05) is 0 Å². The molecule has 0 aliphatic heterocycles. The minimum Gasteiger partial charge on any atom is -0.479 e. The number of aliphatic hydroxyl groups is 2. The second kappa shape index (κ2) is 7.47. The number of carboxylic acid groups (broad SMARTS) is 2. The molecular weight excluding hydrogens is 210 g/mol. The maximum atomic E-state index is 9.77. The molecule has 0 aromatic heterocycles. The molecule has 0 bridgehead atoms. The summed E-state index contributed by atoms with van der Waals surface area (Å²) in [4.78, 5) is 29.0. The molecule has 8 heteroatoms. The topological polar surface area (TPSA) is 158 Å². The number of hydrogen-bond donors (Lipinski definition) is 5. The number of carboxylic acids is 2. The predicted octanol–water partition coefficient (Wildman–Crippen LogP) is -2.46. The smallest absolute Gasteiger partial charge is 0.335 e. The van der Waals surface area contributed by atoms with Gasteiger partial charge in [0, 0.05) is 0 Å². The van der Waals surface area contributed by atoms with Crippen molar-refractivity contribution in [1.29, 1.82) is 0 Å². The number of carbonyl (C=O) groups excluding carboxylic acids is 1. The first-order chi connectivity index (χ1) is 6.73. The maximum absolute atomic E-state index is 9.77. The van der Waals surface area contributed by atoms with Gasteiger partial charge in [-0.15, -0.1) is 0 Å². The normalized spacial score (nSPS) is 12.7. The van der Waals surface area contributed by atoms with Crippen molar-refractivity contribution in [2.45, 2.75) is 12.2 Å². The van der Waals surface area contributed by atoms with E-state index in [1.165, 1.54) is 0 Å². The molecule has 0 aromatic rings. The summed E-state index contributed by atoms with van der Waals surface area (Å²) in [6.45, 7) is 3.09. The van der Waals surface area contributed by atoms with E-state index in [-0.39, 0.29) is 0 Å². The summed E-state index contributed by atoms with van der Waals surface area (Å²) in [5.74, 6) is -4.02. The summed E-state index contributed by atoms with van der Waals surface area (Å²) >= 11 is 0. The zero-order valence-electron chi connectivity index (χ0n) is 7.53. The first kappa shape index (κ1) is 15.5. The molecule has 0 saturated heterocycles. The van der Waals surface area contributed by atoms with Gasteiger partial charge in [0.25, 0.3) is 0 Å². The number of hydrogen-bond acceptors (Lipinski definition) is 5. The van der Waals surface area contributed by atoms with Gasteiger partial charge in [0.05, 0.1) is 0 Å². The van der Waals surface area contributed by atoms with Crippen LogP contribution < -0.4 is 5.73 Å². The van der Waals surface area contributed by atoms with E-state index in [2.05, 4.69) is 12.3 Å². The highest BCUT2D eigenvalue weighted by molar-refractivity contribution is 5.85. The van der Waals surface area contributed by atoms with Gasteiger partial charge in [-0.05, 0) is 6.08 Å². The molecular formula is C7H11NO7. The number of aliphatic carboxylic acids is 2. The number of amides is 1. The van der Waals surface area contributed by atoms with E-state index in [4.69, 9.17) is 20.4 Å². The van der Waals surface area contributed by atoms with Crippen LogP contribution in [0.3, 0.4) is 0 Å². The van der Waals surface area contributed by atoms with E-state index >= 15 is 0 Å². The number of carbonyl (C=O) groups is 3. The average Bonchev–Trinajstić information content (AvgIpc) is 2.16. The minimum atomic E-state index is -2.27. The Kier molecular flexibility index (Phi) is 7.74. The van der Waals surface area contributed by atoms with E-state index in [1.54, 1.807) is 0 Å². The fourth-order valence-electron chi connectivity index (χ4n) is 0.270. The van der Waals surface area contributed by atoms with Crippen molar-refractivity contribution in [1.82, 2.24) is 0 Å². The van der Waals surface area contributed by atoms with Crippen molar-refractivity contribution in [2.75, 3.05) is 0 Å². The van der Waals surface area contributed by atoms with Crippen molar-refractivity contribution >= 4 is 17.8 Å². The monoisotopic (exact) mass is 221 g/mol. The summed E-state index contributed by atoms with van der Waals surface area (Å²) in [6, 6.07) is 0. The lowest BCUT2D eigenvalue weighted by atomic mass is 10.2. The quantitative estimate of drug-likeness (QED) is 0.329. The Morgan fingerprint density at radius 2 is 1.27 bits per heavy atom. The van der Waals surface area contributed by atoms with Gasteiger partial charge in [0.1, 0.15) is 0 Å². The molecule has 2 atom stereocenters. The summed E-state index contributed by atoms with van der Waals surface area (Å²) in [5.41, 5.74) is 4.53. The third-order valence-corrected chi connectivity index (χ3v) is 1.01. The highest BCUT2D eigenvalue weighted by Crippen LogP contribution is 1.92. The number of rotatable bonds is 4. The molecule has 0 saturated carbocycles. The van der Waals surface area contributed by atoms with Crippen LogP contribution in [-0.2, 0) is 14.4 Å².